The molecule has 0 saturated carbocycles. The summed E-state index contributed by atoms with van der Waals surface area (Å²) in [5.74, 6) is 1.36. The van der Waals surface area contributed by atoms with Crippen molar-refractivity contribution in [3.63, 3.8) is 0 Å². The molecule has 2 N–H and O–H groups in total. The van der Waals surface area contributed by atoms with E-state index in [9.17, 15) is 0 Å². The molecule has 1 aliphatic rings. The minimum atomic E-state index is -0.352. The third-order valence-corrected chi connectivity index (χ3v) is 6.43. The SMILES string of the molecule is CCCCCCC(C)(Nc1ccc2c(c1)CCN2)c1ncnc2cc(OC)c(OC)cc12. The van der Waals surface area contributed by atoms with Crippen LogP contribution in [0.5, 0.6) is 11.5 Å². The lowest BCUT2D eigenvalue weighted by Crippen LogP contribution is -2.33. The fourth-order valence-electron chi connectivity index (χ4n) is 4.67. The van der Waals surface area contributed by atoms with E-state index in [2.05, 4.69) is 47.7 Å². The molecule has 0 fully saturated rings. The highest BCUT2D eigenvalue weighted by atomic mass is 16.5. The highest BCUT2D eigenvalue weighted by Gasteiger charge is 2.31. The summed E-state index contributed by atoms with van der Waals surface area (Å²) in [6.45, 7) is 5.50. The highest BCUT2D eigenvalue weighted by molar-refractivity contribution is 5.86. The monoisotopic (exact) mass is 434 g/mol. The number of hydrogen-bond acceptors (Lipinski definition) is 6. The van der Waals surface area contributed by atoms with E-state index in [0.717, 1.165) is 48.1 Å². The predicted octanol–water partition coefficient (Wildman–Crippen LogP) is 5.91. The molecule has 0 amide bonds. The second-order valence-corrected chi connectivity index (χ2v) is 8.76. The van der Waals surface area contributed by atoms with E-state index in [1.807, 2.05) is 12.1 Å². The Balaban J connectivity index is 1.76. The van der Waals surface area contributed by atoms with Gasteiger partial charge in [-0.05, 0) is 49.6 Å². The van der Waals surface area contributed by atoms with Crippen LogP contribution in [0.1, 0.15) is 57.2 Å². The lowest BCUT2D eigenvalue weighted by molar-refractivity contribution is 0.355. The maximum atomic E-state index is 5.59. The Kier molecular flexibility index (Phi) is 6.68. The van der Waals surface area contributed by atoms with Crippen LogP contribution in [-0.2, 0) is 12.0 Å². The molecule has 6 heteroatoms. The summed E-state index contributed by atoms with van der Waals surface area (Å²) in [5.41, 5.74) is 5.21. The van der Waals surface area contributed by atoms with E-state index in [0.29, 0.717) is 11.5 Å². The highest BCUT2D eigenvalue weighted by Crippen LogP contribution is 2.39. The first kappa shape index (κ1) is 22.2. The van der Waals surface area contributed by atoms with Crippen molar-refractivity contribution < 1.29 is 9.47 Å². The smallest absolute Gasteiger partial charge is 0.162 e. The number of ether oxygens (including phenoxy) is 2. The average Bonchev–Trinajstić information content (AvgIpc) is 3.28. The third kappa shape index (κ3) is 4.45. The number of rotatable bonds is 10. The molecule has 0 bridgehead atoms. The van der Waals surface area contributed by atoms with Crippen LogP contribution in [0.2, 0.25) is 0 Å². The summed E-state index contributed by atoms with van der Waals surface area (Å²) in [6.07, 6.45) is 8.49. The van der Waals surface area contributed by atoms with Crippen molar-refractivity contribution in [3.8, 4) is 11.5 Å². The first-order valence-electron chi connectivity index (χ1n) is 11.6. The maximum Gasteiger partial charge on any atom is 0.162 e. The molecule has 6 nitrogen and oxygen atoms in total. The van der Waals surface area contributed by atoms with Crippen LogP contribution in [0.3, 0.4) is 0 Å². The van der Waals surface area contributed by atoms with E-state index in [1.165, 1.54) is 30.5 Å². The van der Waals surface area contributed by atoms with Gasteiger partial charge in [0.2, 0.25) is 0 Å². The van der Waals surface area contributed by atoms with Gasteiger partial charge in [0.05, 0.1) is 31.0 Å². The van der Waals surface area contributed by atoms with Crippen LogP contribution in [0, 0.1) is 0 Å². The molecule has 1 unspecified atom stereocenters. The van der Waals surface area contributed by atoms with E-state index in [-0.39, 0.29) is 5.54 Å². The number of aromatic nitrogens is 2. The molecule has 0 saturated heterocycles. The molecule has 2 heterocycles. The van der Waals surface area contributed by atoms with Gasteiger partial charge in [0, 0.05) is 29.4 Å². The van der Waals surface area contributed by atoms with Crippen molar-refractivity contribution >= 4 is 22.3 Å². The molecule has 1 aromatic heterocycles. The first-order valence-corrected chi connectivity index (χ1v) is 11.6. The minimum absolute atomic E-state index is 0.352. The van der Waals surface area contributed by atoms with Gasteiger partial charge in [-0.3, -0.25) is 0 Å². The Hall–Kier alpha value is -3.02. The fraction of sp³-hybridized carbons (Fsp3) is 0.462. The number of nitrogens with one attached hydrogen (secondary N) is 2. The molecular formula is C26H34N4O2. The van der Waals surface area contributed by atoms with Crippen LogP contribution in [0.4, 0.5) is 11.4 Å². The largest absolute Gasteiger partial charge is 0.493 e. The number of methoxy groups -OCH3 is 2. The van der Waals surface area contributed by atoms with Gasteiger partial charge in [-0.15, -0.1) is 0 Å². The number of anilines is 2. The topological polar surface area (TPSA) is 68.3 Å². The Labute approximate surface area is 190 Å². The lowest BCUT2D eigenvalue weighted by atomic mass is 9.87. The van der Waals surface area contributed by atoms with Crippen molar-refractivity contribution in [3.05, 3.63) is 47.9 Å². The van der Waals surface area contributed by atoms with E-state index >= 15 is 0 Å². The van der Waals surface area contributed by atoms with Crippen LogP contribution < -0.4 is 20.1 Å². The third-order valence-electron chi connectivity index (χ3n) is 6.43. The summed E-state index contributed by atoms with van der Waals surface area (Å²) in [5, 5.41) is 8.27. The van der Waals surface area contributed by atoms with Crippen molar-refractivity contribution in [1.29, 1.82) is 0 Å². The molecule has 2 aromatic carbocycles. The van der Waals surface area contributed by atoms with Gasteiger partial charge in [-0.2, -0.15) is 0 Å². The normalized spacial score (nSPS) is 14.5. The van der Waals surface area contributed by atoms with Crippen molar-refractivity contribution in [2.45, 2.75) is 57.9 Å². The number of benzene rings is 2. The zero-order chi connectivity index (χ0) is 22.6. The Morgan fingerprint density at radius 3 is 2.62 bits per heavy atom. The van der Waals surface area contributed by atoms with Gasteiger partial charge in [0.1, 0.15) is 6.33 Å². The Morgan fingerprint density at radius 2 is 1.84 bits per heavy atom. The Bertz CT molecular complexity index is 1080. The van der Waals surface area contributed by atoms with E-state index < -0.39 is 0 Å². The number of unbranched alkanes of at least 4 members (excludes halogenated alkanes) is 3. The van der Waals surface area contributed by atoms with E-state index in [1.54, 1.807) is 20.5 Å². The zero-order valence-electron chi connectivity index (χ0n) is 19.6. The average molecular weight is 435 g/mol. The van der Waals surface area contributed by atoms with Gasteiger partial charge in [-0.25, -0.2) is 9.97 Å². The van der Waals surface area contributed by atoms with Crippen LogP contribution in [-0.4, -0.2) is 30.7 Å². The molecule has 32 heavy (non-hydrogen) atoms. The van der Waals surface area contributed by atoms with E-state index in [4.69, 9.17) is 14.5 Å². The summed E-state index contributed by atoms with van der Waals surface area (Å²) in [4.78, 5) is 9.32. The molecule has 1 aliphatic heterocycles. The molecule has 170 valence electrons. The fourth-order valence-corrected chi connectivity index (χ4v) is 4.67. The quantitative estimate of drug-likeness (QED) is 0.387. The summed E-state index contributed by atoms with van der Waals surface area (Å²) < 4.78 is 11.1. The number of fused-ring (bicyclic) bond motifs is 2. The van der Waals surface area contributed by atoms with Gasteiger partial charge in [-0.1, -0.05) is 32.6 Å². The standard InChI is InChI=1S/C26H34N4O2/c1-5-6-7-8-12-26(2,30-19-9-10-21-18(14-19)11-13-27-21)25-20-15-23(31-3)24(32-4)16-22(20)28-17-29-25/h9-10,14-17,27,30H,5-8,11-13H2,1-4H3. The minimum Gasteiger partial charge on any atom is -0.493 e. The first-order chi connectivity index (χ1) is 15.6. The summed E-state index contributed by atoms with van der Waals surface area (Å²) in [7, 11) is 3.31. The van der Waals surface area contributed by atoms with Gasteiger partial charge in [0.15, 0.2) is 11.5 Å². The molecule has 0 radical (unpaired) electrons. The number of hydrogen-bond donors (Lipinski definition) is 2. The summed E-state index contributed by atoms with van der Waals surface area (Å²) >= 11 is 0. The van der Waals surface area contributed by atoms with Crippen molar-refractivity contribution in [2.75, 3.05) is 31.4 Å². The molecule has 3 aromatic rings. The van der Waals surface area contributed by atoms with Crippen molar-refractivity contribution in [2.24, 2.45) is 0 Å². The van der Waals surface area contributed by atoms with Gasteiger partial charge < -0.3 is 20.1 Å². The predicted molar refractivity (Wildman–Crippen MR) is 131 cm³/mol. The number of nitrogens with zero attached hydrogens (tertiary/aromatic N) is 2. The van der Waals surface area contributed by atoms with Gasteiger partial charge >= 0.3 is 0 Å². The van der Waals surface area contributed by atoms with Crippen LogP contribution in [0.15, 0.2) is 36.7 Å². The van der Waals surface area contributed by atoms with Gasteiger partial charge in [0.25, 0.3) is 0 Å². The molecule has 4 rings (SSSR count). The Morgan fingerprint density at radius 1 is 1.03 bits per heavy atom. The molecule has 0 aliphatic carbocycles. The summed E-state index contributed by atoms with van der Waals surface area (Å²) in [6, 6.07) is 10.5. The zero-order valence-corrected chi connectivity index (χ0v) is 19.6. The second kappa shape index (κ2) is 9.63. The van der Waals surface area contributed by atoms with Crippen LogP contribution in [0.25, 0.3) is 10.9 Å². The molecule has 1 atom stereocenters. The molecular weight excluding hydrogens is 400 g/mol. The second-order valence-electron chi connectivity index (χ2n) is 8.76. The maximum absolute atomic E-state index is 5.59. The van der Waals surface area contributed by atoms with Crippen molar-refractivity contribution in [1.82, 2.24) is 9.97 Å². The molecule has 0 spiro atoms. The lowest BCUT2D eigenvalue weighted by Gasteiger charge is -2.33. The van der Waals surface area contributed by atoms with Crippen LogP contribution >= 0.6 is 0 Å².